The summed E-state index contributed by atoms with van der Waals surface area (Å²) in [4.78, 5) is 25.8. The van der Waals surface area contributed by atoms with Crippen molar-refractivity contribution < 1.29 is 18.0 Å². The number of amides is 1. The number of aromatic nitrogens is 3. The van der Waals surface area contributed by atoms with Gasteiger partial charge in [0.25, 0.3) is 5.91 Å². The lowest BCUT2D eigenvalue weighted by molar-refractivity contribution is -0.141. The molecular formula is C19H14ClF3N4O. The van der Waals surface area contributed by atoms with E-state index in [4.69, 9.17) is 11.6 Å². The minimum absolute atomic E-state index is 0.0502. The lowest BCUT2D eigenvalue weighted by atomic mass is 10.1. The van der Waals surface area contributed by atoms with Gasteiger partial charge in [-0.2, -0.15) is 13.2 Å². The zero-order valence-electron chi connectivity index (χ0n) is 14.8. The fourth-order valence-electron chi connectivity index (χ4n) is 2.60. The van der Waals surface area contributed by atoms with Crippen molar-refractivity contribution in [3.63, 3.8) is 0 Å². The molecule has 2 aromatic heterocycles. The molecule has 0 atom stereocenters. The van der Waals surface area contributed by atoms with E-state index in [2.05, 4.69) is 15.0 Å². The van der Waals surface area contributed by atoms with E-state index >= 15 is 0 Å². The fourth-order valence-corrected chi connectivity index (χ4v) is 2.82. The van der Waals surface area contributed by atoms with Crippen molar-refractivity contribution in [1.82, 2.24) is 15.0 Å². The molecule has 0 bridgehead atoms. The van der Waals surface area contributed by atoms with E-state index in [0.29, 0.717) is 16.3 Å². The Hall–Kier alpha value is -3.00. The second kappa shape index (κ2) is 7.55. The summed E-state index contributed by atoms with van der Waals surface area (Å²) in [7, 11) is 1.59. The Kier molecular flexibility index (Phi) is 5.33. The van der Waals surface area contributed by atoms with Crippen molar-refractivity contribution in [1.29, 1.82) is 0 Å². The zero-order chi connectivity index (χ0) is 20.5. The first-order chi connectivity index (χ1) is 13.2. The molecule has 0 saturated heterocycles. The van der Waals surface area contributed by atoms with Crippen LogP contribution in [0.4, 0.5) is 18.9 Å². The number of nitrogens with zero attached hydrogens (tertiary/aromatic N) is 4. The Balaban J connectivity index is 1.89. The summed E-state index contributed by atoms with van der Waals surface area (Å²) in [5.74, 6) is -0.417. The topological polar surface area (TPSA) is 59.0 Å². The van der Waals surface area contributed by atoms with Crippen molar-refractivity contribution in [2.75, 3.05) is 11.9 Å². The lowest BCUT2D eigenvalue weighted by Crippen LogP contribution is -2.28. The van der Waals surface area contributed by atoms with Crippen molar-refractivity contribution in [3.05, 3.63) is 70.9 Å². The number of hydrogen-bond donors (Lipinski definition) is 0. The van der Waals surface area contributed by atoms with Gasteiger partial charge in [-0.25, -0.2) is 4.98 Å². The van der Waals surface area contributed by atoms with Gasteiger partial charge in [0.15, 0.2) is 0 Å². The standard InChI is InChI=1S/C19H14ClF3N4O/c1-11-7-13(20)4-5-16(11)27(2)18(28)15-10-24-9-14(26-15)12-3-6-17(25-8-12)19(21,22)23/h3-10H,1-2H3. The number of hydrogen-bond acceptors (Lipinski definition) is 4. The molecule has 0 unspecified atom stereocenters. The molecule has 0 saturated carbocycles. The molecule has 5 nitrogen and oxygen atoms in total. The van der Waals surface area contributed by atoms with Crippen LogP contribution in [0.2, 0.25) is 5.02 Å². The Bertz CT molecular complexity index is 1020. The van der Waals surface area contributed by atoms with Crippen LogP contribution in [0.15, 0.2) is 48.9 Å². The molecule has 28 heavy (non-hydrogen) atoms. The van der Waals surface area contributed by atoms with E-state index < -0.39 is 17.8 Å². The normalized spacial score (nSPS) is 11.4. The van der Waals surface area contributed by atoms with Crippen LogP contribution in [0, 0.1) is 6.92 Å². The van der Waals surface area contributed by atoms with E-state index in [0.717, 1.165) is 17.8 Å². The highest BCUT2D eigenvalue weighted by molar-refractivity contribution is 6.30. The number of carbonyl (C=O) groups is 1. The van der Waals surface area contributed by atoms with Gasteiger partial charge < -0.3 is 4.90 Å². The molecule has 0 aliphatic carbocycles. The maximum Gasteiger partial charge on any atom is 0.433 e. The number of anilines is 1. The monoisotopic (exact) mass is 406 g/mol. The van der Waals surface area contributed by atoms with Gasteiger partial charge in [0.1, 0.15) is 11.4 Å². The molecular weight excluding hydrogens is 393 g/mol. The Morgan fingerprint density at radius 1 is 1.11 bits per heavy atom. The van der Waals surface area contributed by atoms with Crippen molar-refractivity contribution in [3.8, 4) is 11.3 Å². The van der Waals surface area contributed by atoms with Gasteiger partial charge in [-0.15, -0.1) is 0 Å². The molecule has 0 aliphatic heterocycles. The second-order valence-electron chi connectivity index (χ2n) is 6.01. The highest BCUT2D eigenvalue weighted by atomic mass is 35.5. The summed E-state index contributed by atoms with van der Waals surface area (Å²) in [5.41, 5.74) is 1.06. The van der Waals surface area contributed by atoms with Crippen LogP contribution in [0.1, 0.15) is 21.7 Å². The van der Waals surface area contributed by atoms with Crippen LogP contribution >= 0.6 is 11.6 Å². The van der Waals surface area contributed by atoms with E-state index in [1.54, 1.807) is 25.2 Å². The maximum atomic E-state index is 12.8. The molecule has 0 fully saturated rings. The van der Waals surface area contributed by atoms with Crippen LogP contribution < -0.4 is 4.90 Å². The summed E-state index contributed by atoms with van der Waals surface area (Å²) in [5, 5.41) is 0.554. The van der Waals surface area contributed by atoms with Gasteiger partial charge in [0.2, 0.25) is 0 Å². The van der Waals surface area contributed by atoms with Crippen LogP contribution in [0.25, 0.3) is 11.3 Å². The number of halogens is 4. The van der Waals surface area contributed by atoms with Crippen LogP contribution in [0.3, 0.4) is 0 Å². The van der Waals surface area contributed by atoms with Gasteiger partial charge in [-0.05, 0) is 42.8 Å². The van der Waals surface area contributed by atoms with Crippen LogP contribution in [0.5, 0.6) is 0 Å². The van der Waals surface area contributed by atoms with Crippen molar-refractivity contribution >= 4 is 23.2 Å². The van der Waals surface area contributed by atoms with E-state index in [1.807, 2.05) is 6.92 Å². The van der Waals surface area contributed by atoms with Gasteiger partial charge in [-0.3, -0.25) is 14.8 Å². The smallest absolute Gasteiger partial charge is 0.310 e. The van der Waals surface area contributed by atoms with Gasteiger partial charge in [-0.1, -0.05) is 11.6 Å². The first-order valence-electron chi connectivity index (χ1n) is 8.06. The first-order valence-corrected chi connectivity index (χ1v) is 8.44. The molecule has 1 amide bonds. The van der Waals surface area contributed by atoms with Crippen molar-refractivity contribution in [2.24, 2.45) is 0 Å². The quantitative estimate of drug-likeness (QED) is 0.627. The molecule has 0 N–H and O–H groups in total. The molecule has 144 valence electrons. The molecule has 9 heteroatoms. The fraction of sp³-hybridized carbons (Fsp3) is 0.158. The minimum atomic E-state index is -4.53. The highest BCUT2D eigenvalue weighted by Crippen LogP contribution is 2.29. The van der Waals surface area contributed by atoms with E-state index in [9.17, 15) is 18.0 Å². The average molecular weight is 407 g/mol. The minimum Gasteiger partial charge on any atom is -0.310 e. The number of alkyl halides is 3. The number of rotatable bonds is 3. The third-order valence-electron chi connectivity index (χ3n) is 4.03. The predicted octanol–water partition coefficient (Wildman–Crippen LogP) is 4.80. The largest absolute Gasteiger partial charge is 0.433 e. The summed E-state index contributed by atoms with van der Waals surface area (Å²) in [6.45, 7) is 1.82. The molecule has 1 aromatic carbocycles. The second-order valence-corrected chi connectivity index (χ2v) is 6.45. The van der Waals surface area contributed by atoms with Crippen LogP contribution in [-0.4, -0.2) is 27.9 Å². The number of pyridine rings is 1. The maximum absolute atomic E-state index is 12.8. The molecule has 0 radical (unpaired) electrons. The number of aryl methyl sites for hydroxylation is 1. The molecule has 3 aromatic rings. The SMILES string of the molecule is Cc1cc(Cl)ccc1N(C)C(=O)c1cncc(-c2ccc(C(F)(F)F)nc2)n1. The van der Waals surface area contributed by atoms with Gasteiger partial charge in [0, 0.05) is 29.5 Å². The number of carbonyl (C=O) groups excluding carboxylic acids is 1. The lowest BCUT2D eigenvalue weighted by Gasteiger charge is -2.19. The van der Waals surface area contributed by atoms with Crippen LogP contribution in [-0.2, 0) is 6.18 Å². The van der Waals surface area contributed by atoms with Crippen molar-refractivity contribution in [2.45, 2.75) is 13.1 Å². The summed E-state index contributed by atoms with van der Waals surface area (Å²) < 4.78 is 38.0. The zero-order valence-corrected chi connectivity index (χ0v) is 15.6. The van der Waals surface area contributed by atoms with E-state index in [-0.39, 0.29) is 11.4 Å². The third kappa shape index (κ3) is 4.12. The van der Waals surface area contributed by atoms with Gasteiger partial charge >= 0.3 is 6.18 Å². The summed E-state index contributed by atoms with van der Waals surface area (Å²) >= 11 is 5.94. The number of benzene rings is 1. The molecule has 0 spiro atoms. The Morgan fingerprint density at radius 2 is 1.86 bits per heavy atom. The molecule has 2 heterocycles. The molecule has 0 aliphatic rings. The summed E-state index contributed by atoms with van der Waals surface area (Å²) in [6.07, 6.45) is -0.824. The highest BCUT2D eigenvalue weighted by Gasteiger charge is 2.32. The van der Waals surface area contributed by atoms with Gasteiger partial charge in [0.05, 0.1) is 18.1 Å². The van der Waals surface area contributed by atoms with E-state index in [1.165, 1.54) is 23.4 Å². The molecule has 3 rings (SSSR count). The predicted molar refractivity (Wildman–Crippen MR) is 99.2 cm³/mol. The first kappa shape index (κ1) is 19.8. The Labute approximate surface area is 163 Å². The Morgan fingerprint density at radius 3 is 2.46 bits per heavy atom. The average Bonchev–Trinajstić information content (AvgIpc) is 2.66. The third-order valence-corrected chi connectivity index (χ3v) is 4.26. The summed E-state index contributed by atoms with van der Waals surface area (Å²) in [6, 6.07) is 7.21.